The Labute approximate surface area is 188 Å². The molecule has 1 aliphatic rings. The van der Waals surface area contributed by atoms with Crippen molar-refractivity contribution in [3.05, 3.63) is 38.9 Å². The second-order valence-electron chi connectivity index (χ2n) is 7.08. The molecular formula is C19H19ClN4O5S2. The Morgan fingerprint density at radius 3 is 2.61 bits per heavy atom. The SMILES string of the molecule is CCc1c(C#N)c(N2CC(CC(=O)NS(=O)(=O)c3ccc(Cl)s3)C2)nc(C)c1C(=O)O. The third-order valence-corrected chi connectivity index (χ3v) is 8.03. The van der Waals surface area contributed by atoms with Gasteiger partial charge < -0.3 is 10.0 Å². The molecule has 1 saturated heterocycles. The largest absolute Gasteiger partial charge is 0.478 e. The molecule has 1 fully saturated rings. The van der Waals surface area contributed by atoms with Gasteiger partial charge in [-0.2, -0.15) is 5.26 Å². The zero-order chi connectivity index (χ0) is 22.9. The Morgan fingerprint density at radius 2 is 2.10 bits per heavy atom. The molecule has 0 bridgehead atoms. The minimum Gasteiger partial charge on any atom is -0.478 e. The number of thiophene rings is 1. The first-order valence-electron chi connectivity index (χ1n) is 9.30. The molecular weight excluding hydrogens is 464 g/mol. The van der Waals surface area contributed by atoms with E-state index in [4.69, 9.17) is 11.6 Å². The van der Waals surface area contributed by atoms with Gasteiger partial charge in [-0.3, -0.25) is 4.79 Å². The van der Waals surface area contributed by atoms with E-state index >= 15 is 0 Å². The van der Waals surface area contributed by atoms with Crippen LogP contribution < -0.4 is 9.62 Å². The van der Waals surface area contributed by atoms with Crippen molar-refractivity contribution in [3.8, 4) is 6.07 Å². The number of pyridine rings is 1. The topological polar surface area (TPSA) is 140 Å². The van der Waals surface area contributed by atoms with Gasteiger partial charge in [0.15, 0.2) is 0 Å². The summed E-state index contributed by atoms with van der Waals surface area (Å²) >= 11 is 6.61. The van der Waals surface area contributed by atoms with Gasteiger partial charge in [0.1, 0.15) is 16.1 Å². The van der Waals surface area contributed by atoms with Gasteiger partial charge in [0.2, 0.25) is 5.91 Å². The highest BCUT2D eigenvalue weighted by atomic mass is 35.5. The minimum absolute atomic E-state index is 0.0104. The van der Waals surface area contributed by atoms with Crippen molar-refractivity contribution >= 4 is 50.7 Å². The van der Waals surface area contributed by atoms with Crippen LogP contribution in [0.1, 0.15) is 40.5 Å². The van der Waals surface area contributed by atoms with Crippen molar-refractivity contribution in [1.29, 1.82) is 5.26 Å². The van der Waals surface area contributed by atoms with Crippen LogP contribution in [0.2, 0.25) is 4.34 Å². The second-order valence-corrected chi connectivity index (χ2v) is 10.7. The van der Waals surface area contributed by atoms with Crippen LogP contribution >= 0.6 is 22.9 Å². The highest BCUT2D eigenvalue weighted by Gasteiger charge is 2.34. The first-order chi connectivity index (χ1) is 14.6. The summed E-state index contributed by atoms with van der Waals surface area (Å²) in [5.74, 6) is -1.50. The van der Waals surface area contributed by atoms with Crippen molar-refractivity contribution in [2.24, 2.45) is 5.92 Å². The van der Waals surface area contributed by atoms with E-state index in [1.165, 1.54) is 12.1 Å². The van der Waals surface area contributed by atoms with Crippen LogP contribution in [-0.4, -0.2) is 43.5 Å². The molecule has 0 radical (unpaired) electrons. The molecule has 0 unspecified atom stereocenters. The number of rotatable bonds is 7. The van der Waals surface area contributed by atoms with Crippen LogP contribution in [-0.2, 0) is 21.2 Å². The predicted molar refractivity (Wildman–Crippen MR) is 115 cm³/mol. The molecule has 0 atom stereocenters. The second kappa shape index (κ2) is 8.82. The molecule has 0 aliphatic carbocycles. The summed E-state index contributed by atoms with van der Waals surface area (Å²) in [6, 6.07) is 4.83. The number of anilines is 1. The van der Waals surface area contributed by atoms with E-state index in [0.29, 0.717) is 40.9 Å². The quantitative estimate of drug-likeness (QED) is 0.613. The lowest BCUT2D eigenvalue weighted by molar-refractivity contribution is -0.120. The average molecular weight is 483 g/mol. The predicted octanol–water partition coefficient (Wildman–Crippen LogP) is 2.57. The van der Waals surface area contributed by atoms with E-state index in [-0.39, 0.29) is 27.7 Å². The number of hydrogen-bond donors (Lipinski definition) is 2. The average Bonchev–Trinajstić information content (AvgIpc) is 3.10. The molecule has 2 aromatic rings. The van der Waals surface area contributed by atoms with E-state index in [2.05, 4.69) is 11.1 Å². The summed E-state index contributed by atoms with van der Waals surface area (Å²) in [5.41, 5.74) is 1.00. The molecule has 12 heteroatoms. The third-order valence-electron chi connectivity index (χ3n) is 4.93. The number of amides is 1. The highest BCUT2D eigenvalue weighted by molar-refractivity contribution is 7.92. The van der Waals surface area contributed by atoms with Gasteiger partial charge in [-0.1, -0.05) is 18.5 Å². The smallest absolute Gasteiger partial charge is 0.337 e. The summed E-state index contributed by atoms with van der Waals surface area (Å²) < 4.78 is 26.8. The fourth-order valence-corrected chi connectivity index (χ4v) is 6.03. The van der Waals surface area contributed by atoms with Crippen molar-refractivity contribution in [1.82, 2.24) is 9.71 Å². The lowest BCUT2D eigenvalue weighted by Gasteiger charge is -2.40. The summed E-state index contributed by atoms with van der Waals surface area (Å²) in [4.78, 5) is 29.9. The van der Waals surface area contributed by atoms with E-state index in [0.717, 1.165) is 11.3 Å². The zero-order valence-electron chi connectivity index (χ0n) is 16.7. The van der Waals surface area contributed by atoms with E-state index in [9.17, 15) is 28.4 Å². The van der Waals surface area contributed by atoms with Gasteiger partial charge in [-0.25, -0.2) is 22.9 Å². The Morgan fingerprint density at radius 1 is 1.42 bits per heavy atom. The van der Waals surface area contributed by atoms with Crippen LogP contribution in [0.4, 0.5) is 5.82 Å². The molecule has 3 heterocycles. The molecule has 31 heavy (non-hydrogen) atoms. The van der Waals surface area contributed by atoms with Crippen LogP contribution in [0.15, 0.2) is 16.3 Å². The van der Waals surface area contributed by atoms with Gasteiger partial charge in [-0.05, 0) is 31.0 Å². The Hall–Kier alpha value is -2.68. The molecule has 2 aromatic heterocycles. The van der Waals surface area contributed by atoms with Crippen molar-refractivity contribution in [3.63, 3.8) is 0 Å². The number of aromatic nitrogens is 1. The summed E-state index contributed by atoms with van der Waals surface area (Å²) in [5, 5.41) is 19.0. The Bertz CT molecular complexity index is 1200. The summed E-state index contributed by atoms with van der Waals surface area (Å²) in [6.45, 7) is 4.15. The number of aryl methyl sites for hydroxylation is 1. The van der Waals surface area contributed by atoms with Crippen LogP contribution in [0, 0.1) is 24.2 Å². The fraction of sp³-hybridized carbons (Fsp3) is 0.368. The number of hydrogen-bond acceptors (Lipinski definition) is 8. The highest BCUT2D eigenvalue weighted by Crippen LogP contribution is 2.32. The number of carbonyl (C=O) groups excluding carboxylic acids is 1. The minimum atomic E-state index is -3.96. The number of carboxylic acids is 1. The molecule has 3 rings (SSSR count). The maximum Gasteiger partial charge on any atom is 0.337 e. The summed E-state index contributed by atoms with van der Waals surface area (Å²) in [6.07, 6.45) is 0.356. The van der Waals surface area contributed by atoms with E-state index in [1.807, 2.05) is 4.72 Å². The lowest BCUT2D eigenvalue weighted by atomic mass is 9.93. The maximum absolute atomic E-state index is 12.2. The molecule has 1 amide bonds. The van der Waals surface area contributed by atoms with Gasteiger partial charge >= 0.3 is 5.97 Å². The monoisotopic (exact) mass is 482 g/mol. The van der Waals surface area contributed by atoms with Crippen LogP contribution in [0.5, 0.6) is 0 Å². The Balaban J connectivity index is 1.69. The van der Waals surface area contributed by atoms with E-state index in [1.54, 1.807) is 18.7 Å². The number of carboxylic acid groups (broad SMARTS) is 1. The first kappa shape index (κ1) is 23.0. The Kier molecular flexibility index (Phi) is 6.54. The standard InChI is InChI=1S/C19H19ClN4O5S2/c1-3-12-13(7-21)18(22-10(2)17(12)19(26)27)24-8-11(9-24)6-15(25)23-31(28,29)16-5-4-14(20)30-16/h4-5,11H,3,6,8-9H2,1-2H3,(H,23,25)(H,26,27). The number of halogens is 1. The molecule has 0 spiro atoms. The van der Waals surface area contributed by atoms with Crippen LogP contribution in [0.25, 0.3) is 0 Å². The first-order valence-corrected chi connectivity index (χ1v) is 12.0. The van der Waals surface area contributed by atoms with Crippen molar-refractivity contribution < 1.29 is 23.1 Å². The fourth-order valence-electron chi connectivity index (χ4n) is 3.55. The van der Waals surface area contributed by atoms with Crippen LogP contribution in [0.3, 0.4) is 0 Å². The maximum atomic E-state index is 12.2. The number of carbonyl (C=O) groups is 2. The number of aromatic carboxylic acids is 1. The van der Waals surface area contributed by atoms with Gasteiger partial charge in [0.25, 0.3) is 10.0 Å². The normalized spacial score (nSPS) is 14.1. The number of nitrogens with one attached hydrogen (secondary N) is 1. The van der Waals surface area contributed by atoms with Gasteiger partial charge in [0, 0.05) is 25.4 Å². The molecule has 0 saturated carbocycles. The molecule has 1 aliphatic heterocycles. The summed E-state index contributed by atoms with van der Waals surface area (Å²) in [7, 11) is -3.96. The van der Waals surface area contributed by atoms with E-state index < -0.39 is 21.9 Å². The molecule has 2 N–H and O–H groups in total. The number of nitrogens with zero attached hydrogens (tertiary/aromatic N) is 3. The molecule has 9 nitrogen and oxygen atoms in total. The number of sulfonamides is 1. The third kappa shape index (κ3) is 4.66. The van der Waals surface area contributed by atoms with Gasteiger partial charge in [0.05, 0.1) is 21.2 Å². The number of nitriles is 1. The molecule has 0 aromatic carbocycles. The molecule has 164 valence electrons. The van der Waals surface area contributed by atoms with Crippen molar-refractivity contribution in [2.45, 2.75) is 30.9 Å². The lowest BCUT2D eigenvalue weighted by Crippen LogP contribution is -2.49. The zero-order valence-corrected chi connectivity index (χ0v) is 19.1. The van der Waals surface area contributed by atoms with Gasteiger partial charge in [-0.15, -0.1) is 11.3 Å². The van der Waals surface area contributed by atoms with Crippen molar-refractivity contribution in [2.75, 3.05) is 18.0 Å².